The highest BCUT2D eigenvalue weighted by atomic mass is 19.1. The molecule has 1 heterocycles. The largest absolute Gasteiger partial charge is 0.497 e. The highest BCUT2D eigenvalue weighted by Gasteiger charge is 2.30. The number of carbonyl (C=O) groups excluding carboxylic acids is 2. The van der Waals surface area contributed by atoms with Crippen molar-refractivity contribution < 1.29 is 18.7 Å². The second-order valence-electron chi connectivity index (χ2n) is 5.92. The van der Waals surface area contributed by atoms with Gasteiger partial charge in [0.05, 0.1) is 7.11 Å². The Morgan fingerprint density at radius 1 is 1.15 bits per heavy atom. The van der Waals surface area contributed by atoms with Gasteiger partial charge in [-0.05, 0) is 30.3 Å². The number of urea groups is 1. The van der Waals surface area contributed by atoms with E-state index in [1.807, 2.05) is 0 Å². The van der Waals surface area contributed by atoms with Crippen LogP contribution in [0.1, 0.15) is 5.56 Å². The van der Waals surface area contributed by atoms with Crippen LogP contribution in [-0.2, 0) is 11.3 Å². The van der Waals surface area contributed by atoms with E-state index in [1.165, 1.54) is 11.0 Å². The third-order valence-corrected chi connectivity index (χ3v) is 4.25. The summed E-state index contributed by atoms with van der Waals surface area (Å²) in [6.45, 7) is 0.999. The van der Waals surface area contributed by atoms with Crippen molar-refractivity contribution in [3.63, 3.8) is 0 Å². The fourth-order valence-corrected chi connectivity index (χ4v) is 2.80. The molecule has 136 valence electrons. The zero-order chi connectivity index (χ0) is 18.5. The lowest BCUT2D eigenvalue weighted by Gasteiger charge is -2.18. The Bertz CT molecular complexity index is 795. The first kappa shape index (κ1) is 17.7. The molecular formula is C19H20FN3O3. The third-order valence-electron chi connectivity index (χ3n) is 4.25. The van der Waals surface area contributed by atoms with Gasteiger partial charge in [-0.25, -0.2) is 9.18 Å². The molecule has 0 radical (unpaired) electrons. The van der Waals surface area contributed by atoms with E-state index in [9.17, 15) is 14.0 Å². The predicted octanol–water partition coefficient (Wildman–Crippen LogP) is 2.39. The van der Waals surface area contributed by atoms with Gasteiger partial charge in [0.15, 0.2) is 0 Å². The number of halogens is 1. The Kier molecular flexibility index (Phi) is 5.36. The fraction of sp³-hybridized carbons (Fsp3) is 0.263. The lowest BCUT2D eigenvalue weighted by molar-refractivity contribution is -0.121. The lowest BCUT2D eigenvalue weighted by atomic mass is 10.2. The number of benzene rings is 2. The molecule has 3 rings (SSSR count). The Labute approximate surface area is 151 Å². The highest BCUT2D eigenvalue weighted by molar-refractivity contribution is 5.96. The van der Waals surface area contributed by atoms with Crippen LogP contribution in [0.3, 0.4) is 0 Å². The van der Waals surface area contributed by atoms with E-state index in [-0.39, 0.29) is 30.8 Å². The van der Waals surface area contributed by atoms with Crippen LogP contribution in [-0.4, -0.2) is 43.6 Å². The fourth-order valence-electron chi connectivity index (χ4n) is 2.80. The molecule has 6 nitrogen and oxygen atoms in total. The van der Waals surface area contributed by atoms with Crippen LogP contribution in [0.5, 0.6) is 5.75 Å². The lowest BCUT2D eigenvalue weighted by Crippen LogP contribution is -2.39. The SMILES string of the molecule is COc1ccc(N2CCN(CC(=O)NCc3ccccc3F)C2=O)cc1. The van der Waals surface area contributed by atoms with Crippen LogP contribution in [0.15, 0.2) is 48.5 Å². The quantitative estimate of drug-likeness (QED) is 0.864. The normalized spacial score (nSPS) is 13.8. The van der Waals surface area contributed by atoms with Crippen molar-refractivity contribution >= 4 is 17.6 Å². The molecule has 0 unspecified atom stereocenters. The molecule has 1 aliphatic heterocycles. The summed E-state index contributed by atoms with van der Waals surface area (Å²) in [6.07, 6.45) is 0. The van der Waals surface area contributed by atoms with Crippen LogP contribution in [0.25, 0.3) is 0 Å². The van der Waals surface area contributed by atoms with Gasteiger partial charge in [0.1, 0.15) is 18.1 Å². The number of amides is 3. The molecule has 26 heavy (non-hydrogen) atoms. The number of rotatable bonds is 6. The smallest absolute Gasteiger partial charge is 0.325 e. The zero-order valence-electron chi connectivity index (χ0n) is 14.4. The maximum absolute atomic E-state index is 13.6. The third kappa shape index (κ3) is 3.93. The molecule has 0 spiro atoms. The van der Waals surface area contributed by atoms with Crippen molar-refractivity contribution in [1.82, 2.24) is 10.2 Å². The summed E-state index contributed by atoms with van der Waals surface area (Å²) in [5.74, 6) is 0.0266. The molecular weight excluding hydrogens is 337 g/mol. The van der Waals surface area contributed by atoms with E-state index in [4.69, 9.17) is 4.74 Å². The second-order valence-corrected chi connectivity index (χ2v) is 5.92. The van der Waals surface area contributed by atoms with Crippen LogP contribution >= 0.6 is 0 Å². The van der Waals surface area contributed by atoms with Gasteiger partial charge in [0, 0.05) is 30.9 Å². The molecule has 2 aromatic rings. The summed E-state index contributed by atoms with van der Waals surface area (Å²) in [5, 5.41) is 2.65. The maximum atomic E-state index is 13.6. The molecule has 1 saturated heterocycles. The zero-order valence-corrected chi connectivity index (χ0v) is 14.4. The number of carbonyl (C=O) groups is 2. The van der Waals surface area contributed by atoms with E-state index in [0.29, 0.717) is 24.4 Å². The van der Waals surface area contributed by atoms with Gasteiger partial charge >= 0.3 is 6.03 Å². The Morgan fingerprint density at radius 2 is 1.88 bits per heavy atom. The van der Waals surface area contributed by atoms with Crippen LogP contribution in [0.2, 0.25) is 0 Å². The number of anilines is 1. The van der Waals surface area contributed by atoms with Gasteiger partial charge in [0.25, 0.3) is 0 Å². The van der Waals surface area contributed by atoms with Crippen molar-refractivity contribution in [2.75, 3.05) is 31.6 Å². The molecule has 0 aliphatic carbocycles. The molecule has 0 saturated carbocycles. The van der Waals surface area contributed by atoms with E-state index in [2.05, 4.69) is 5.32 Å². The van der Waals surface area contributed by atoms with Crippen LogP contribution < -0.4 is 15.0 Å². The molecule has 1 aliphatic rings. The summed E-state index contributed by atoms with van der Waals surface area (Å²) in [6, 6.07) is 13.2. The number of nitrogens with one attached hydrogen (secondary N) is 1. The monoisotopic (exact) mass is 357 g/mol. The van der Waals surface area contributed by atoms with Gasteiger partial charge in [-0.1, -0.05) is 18.2 Å². The molecule has 0 atom stereocenters. The molecule has 0 aromatic heterocycles. The van der Waals surface area contributed by atoms with Gasteiger partial charge in [-0.3, -0.25) is 9.69 Å². The van der Waals surface area contributed by atoms with Crippen LogP contribution in [0, 0.1) is 5.82 Å². The maximum Gasteiger partial charge on any atom is 0.325 e. The van der Waals surface area contributed by atoms with Gasteiger partial charge < -0.3 is 15.0 Å². The molecule has 0 bridgehead atoms. The minimum atomic E-state index is -0.365. The minimum Gasteiger partial charge on any atom is -0.497 e. The summed E-state index contributed by atoms with van der Waals surface area (Å²) in [4.78, 5) is 27.7. The topological polar surface area (TPSA) is 61.9 Å². The average molecular weight is 357 g/mol. The van der Waals surface area contributed by atoms with Gasteiger partial charge in [0.2, 0.25) is 5.91 Å². The van der Waals surface area contributed by atoms with E-state index >= 15 is 0 Å². The summed E-state index contributed by atoms with van der Waals surface area (Å²) < 4.78 is 18.7. The summed E-state index contributed by atoms with van der Waals surface area (Å²) in [7, 11) is 1.58. The van der Waals surface area contributed by atoms with E-state index < -0.39 is 0 Å². The van der Waals surface area contributed by atoms with E-state index in [1.54, 1.807) is 54.5 Å². The highest BCUT2D eigenvalue weighted by Crippen LogP contribution is 2.23. The van der Waals surface area contributed by atoms with Crippen LogP contribution in [0.4, 0.5) is 14.9 Å². The van der Waals surface area contributed by atoms with E-state index in [0.717, 1.165) is 5.69 Å². The second kappa shape index (κ2) is 7.86. The first-order valence-electron chi connectivity index (χ1n) is 8.29. The Hall–Kier alpha value is -3.09. The first-order chi connectivity index (χ1) is 12.6. The van der Waals surface area contributed by atoms with Crippen molar-refractivity contribution in [3.05, 3.63) is 59.9 Å². The number of ether oxygens (including phenoxy) is 1. The number of hydrogen-bond acceptors (Lipinski definition) is 3. The Balaban J connectivity index is 1.54. The molecule has 7 heteroatoms. The summed E-state index contributed by atoms with van der Waals surface area (Å²) >= 11 is 0. The first-order valence-corrected chi connectivity index (χ1v) is 8.29. The van der Waals surface area contributed by atoms with Crippen molar-refractivity contribution in [1.29, 1.82) is 0 Å². The Morgan fingerprint density at radius 3 is 2.58 bits per heavy atom. The molecule has 2 aromatic carbocycles. The average Bonchev–Trinajstić information content (AvgIpc) is 3.01. The molecule has 1 fully saturated rings. The minimum absolute atomic E-state index is 0.0556. The molecule has 3 amide bonds. The number of hydrogen-bond donors (Lipinski definition) is 1. The number of nitrogens with zero attached hydrogens (tertiary/aromatic N) is 2. The summed E-state index contributed by atoms with van der Waals surface area (Å²) in [5.41, 5.74) is 1.17. The predicted molar refractivity (Wildman–Crippen MR) is 95.6 cm³/mol. The van der Waals surface area contributed by atoms with Crippen molar-refractivity contribution in [2.45, 2.75) is 6.54 Å². The van der Waals surface area contributed by atoms with Crippen molar-refractivity contribution in [2.24, 2.45) is 0 Å². The molecule has 1 N–H and O–H groups in total. The number of methoxy groups -OCH3 is 1. The van der Waals surface area contributed by atoms with Gasteiger partial charge in [-0.2, -0.15) is 0 Å². The van der Waals surface area contributed by atoms with Gasteiger partial charge in [-0.15, -0.1) is 0 Å². The van der Waals surface area contributed by atoms with Crippen molar-refractivity contribution in [3.8, 4) is 5.75 Å². The standard InChI is InChI=1S/C19H20FN3O3/c1-26-16-8-6-15(7-9-16)23-11-10-22(19(23)25)13-18(24)21-12-14-4-2-3-5-17(14)20/h2-9H,10-13H2,1H3,(H,21,24).